The normalized spacial score (nSPS) is 18.2. The van der Waals surface area contributed by atoms with Crippen LogP contribution in [0.25, 0.3) is 44.3 Å². The number of nitrogens with zero attached hydrogens (tertiary/aromatic N) is 1. The van der Waals surface area contributed by atoms with E-state index in [0.717, 1.165) is 48.4 Å². The Morgan fingerprint density at radius 1 is 0.800 bits per heavy atom. The van der Waals surface area contributed by atoms with Crippen molar-refractivity contribution in [1.29, 1.82) is 0 Å². The average molecular weight is 614 g/mol. The summed E-state index contributed by atoms with van der Waals surface area (Å²) in [7, 11) is 0. The molecule has 1 aromatic heterocycles. The zero-order valence-electron chi connectivity index (χ0n) is 33.8. The highest BCUT2D eigenvalue weighted by Gasteiger charge is 2.35. The summed E-state index contributed by atoms with van der Waals surface area (Å²) in [5, 5.41) is 1.95. The lowest BCUT2D eigenvalue weighted by atomic mass is 9.81. The van der Waals surface area contributed by atoms with Crippen molar-refractivity contribution in [2.24, 2.45) is 5.41 Å². The molecule has 0 unspecified atom stereocenters. The van der Waals surface area contributed by atoms with E-state index in [4.69, 9.17) is 11.0 Å². The van der Waals surface area contributed by atoms with Crippen molar-refractivity contribution in [3.63, 3.8) is 0 Å². The predicted molar refractivity (Wildman–Crippen MR) is 182 cm³/mol. The molecule has 1 nitrogen and oxygen atoms in total. The summed E-state index contributed by atoms with van der Waals surface area (Å²) in [5.74, 6) is 0.264. The van der Waals surface area contributed by atoms with E-state index in [0.29, 0.717) is 22.9 Å². The lowest BCUT2D eigenvalue weighted by Gasteiger charge is -2.24. The summed E-state index contributed by atoms with van der Waals surface area (Å²) in [4.78, 5) is 4.26. The predicted octanol–water partition coefficient (Wildman–Crippen LogP) is 12.5. The number of alkyl halides is 3. The Morgan fingerprint density at radius 2 is 1.49 bits per heavy atom. The molecule has 4 heteroatoms. The van der Waals surface area contributed by atoms with Crippen molar-refractivity contribution >= 4 is 10.8 Å². The molecule has 1 heterocycles. The zero-order chi connectivity index (χ0) is 38.7. The molecule has 0 bridgehead atoms. The minimum atomic E-state index is -4.99. The van der Waals surface area contributed by atoms with Gasteiger partial charge in [0.05, 0.1) is 11.3 Å². The average Bonchev–Trinajstić information content (AvgIpc) is 3.09. The maximum atomic E-state index is 14.9. The van der Waals surface area contributed by atoms with E-state index in [1.807, 2.05) is 36.4 Å². The number of fused-ring (bicyclic) bond motifs is 1. The van der Waals surface area contributed by atoms with Crippen LogP contribution in [0.4, 0.5) is 13.2 Å². The molecule has 0 N–H and O–H groups in total. The van der Waals surface area contributed by atoms with Crippen molar-refractivity contribution in [2.45, 2.75) is 85.0 Å². The van der Waals surface area contributed by atoms with Crippen molar-refractivity contribution in [1.82, 2.24) is 4.98 Å². The molecule has 0 aliphatic heterocycles. The zero-order valence-corrected chi connectivity index (χ0v) is 25.8. The fourth-order valence-corrected chi connectivity index (χ4v) is 6.56. The van der Waals surface area contributed by atoms with E-state index >= 15 is 0 Å². The molecule has 1 saturated carbocycles. The van der Waals surface area contributed by atoms with Crippen molar-refractivity contribution in [3.8, 4) is 33.5 Å². The molecule has 0 saturated heterocycles. The van der Waals surface area contributed by atoms with Gasteiger partial charge in [-0.05, 0) is 118 Å². The van der Waals surface area contributed by atoms with Crippen LogP contribution in [0.5, 0.6) is 0 Å². The van der Waals surface area contributed by atoms with Gasteiger partial charge in [-0.3, -0.25) is 4.98 Å². The van der Waals surface area contributed by atoms with Gasteiger partial charge in [-0.2, -0.15) is 13.2 Å². The van der Waals surface area contributed by atoms with E-state index in [1.54, 1.807) is 45.0 Å². The molecule has 45 heavy (non-hydrogen) atoms. The van der Waals surface area contributed by atoms with Gasteiger partial charge in [0, 0.05) is 22.7 Å². The number of aryl methyl sites for hydroxylation is 2. The van der Waals surface area contributed by atoms with E-state index in [1.165, 1.54) is 18.2 Å². The molecule has 1 aliphatic carbocycles. The third-order valence-corrected chi connectivity index (χ3v) is 8.59. The first-order chi connectivity index (χ1) is 24.6. The summed E-state index contributed by atoms with van der Waals surface area (Å²) in [5.41, 5.74) is -1.45. The lowest BCUT2D eigenvalue weighted by Crippen LogP contribution is -2.10. The van der Waals surface area contributed by atoms with E-state index in [-0.39, 0.29) is 17.2 Å². The second-order valence-corrected chi connectivity index (χ2v) is 13.1. The van der Waals surface area contributed by atoms with Gasteiger partial charge in [-0.25, -0.2) is 0 Å². The van der Waals surface area contributed by atoms with E-state index in [9.17, 15) is 13.2 Å². The third-order valence-electron chi connectivity index (χ3n) is 8.59. The summed E-state index contributed by atoms with van der Waals surface area (Å²) in [6, 6.07) is 21.5. The Balaban J connectivity index is 1.60. The number of hydrogen-bond acceptors (Lipinski definition) is 1. The van der Waals surface area contributed by atoms with Gasteiger partial charge in [0.15, 0.2) is 0 Å². The van der Waals surface area contributed by atoms with Crippen LogP contribution < -0.4 is 0 Å². The molecule has 6 rings (SSSR count). The number of hydrogen-bond donors (Lipinski definition) is 0. The number of pyridine rings is 1. The van der Waals surface area contributed by atoms with Gasteiger partial charge >= 0.3 is 6.18 Å². The molecule has 0 spiro atoms. The Morgan fingerprint density at radius 3 is 2.13 bits per heavy atom. The fourth-order valence-electron chi connectivity index (χ4n) is 6.56. The monoisotopic (exact) mass is 613 g/mol. The van der Waals surface area contributed by atoms with Crippen LogP contribution in [-0.4, -0.2) is 4.98 Å². The SMILES string of the molecule is [2H]C([2H])([2H])c1cc(-c2ccc(C([2H])([2H])C(C)(C)C)cc2)cc(C([2H])([2H])[2H])c1-c1cc(-c2cc(C3CCCCC3)c3ccccc3c2)ncc1C(F)(F)F. The van der Waals surface area contributed by atoms with E-state index < -0.39 is 59.5 Å². The minimum absolute atomic E-state index is 0.164. The Kier molecular flexibility index (Phi) is 6.07. The summed E-state index contributed by atoms with van der Waals surface area (Å²) in [6.45, 7) is -0.738. The minimum Gasteiger partial charge on any atom is -0.256 e. The highest BCUT2D eigenvalue weighted by Crippen LogP contribution is 2.43. The summed E-state index contributed by atoms with van der Waals surface area (Å²) >= 11 is 0. The standard InChI is InChI=1S/C41H42F3N/c1-26-19-32(29-17-15-28(16-18-29)24-40(3,4)5)20-27(2)39(26)36-23-38(45-25-37(36)41(42,43)44)33-21-31-13-9-10-14-34(31)35(22-33)30-11-7-6-8-12-30/h9-10,13-23,25,30H,6-8,11-12,24H2,1-5H3/i1D3,2D3,24D2. The molecule has 0 radical (unpaired) electrons. The Bertz CT molecular complexity index is 2100. The van der Waals surface area contributed by atoms with Crippen LogP contribution in [0.2, 0.25) is 0 Å². The van der Waals surface area contributed by atoms with Crippen molar-refractivity contribution < 1.29 is 24.1 Å². The second-order valence-electron chi connectivity index (χ2n) is 13.1. The quantitative estimate of drug-likeness (QED) is 0.192. The first-order valence-corrected chi connectivity index (χ1v) is 15.5. The van der Waals surface area contributed by atoms with Gasteiger partial charge in [0.2, 0.25) is 0 Å². The molecule has 232 valence electrons. The van der Waals surface area contributed by atoms with Gasteiger partial charge in [0.1, 0.15) is 0 Å². The first-order valence-electron chi connectivity index (χ1n) is 19.5. The molecule has 5 aromatic rings. The molecule has 1 aliphatic rings. The second kappa shape index (κ2) is 12.1. The van der Waals surface area contributed by atoms with Gasteiger partial charge in [-0.1, -0.05) is 101 Å². The van der Waals surface area contributed by atoms with Crippen LogP contribution in [-0.2, 0) is 12.5 Å². The molecule has 4 aromatic carbocycles. The van der Waals surface area contributed by atoms with Crippen molar-refractivity contribution in [2.75, 3.05) is 0 Å². The third kappa shape index (κ3) is 6.71. The van der Waals surface area contributed by atoms with Crippen molar-refractivity contribution in [3.05, 3.63) is 113 Å². The topological polar surface area (TPSA) is 12.9 Å². The maximum Gasteiger partial charge on any atom is 0.418 e. The van der Waals surface area contributed by atoms with Crippen LogP contribution >= 0.6 is 0 Å². The summed E-state index contributed by atoms with van der Waals surface area (Å²) < 4.78 is 113. The largest absolute Gasteiger partial charge is 0.418 e. The number of benzene rings is 4. The smallest absolute Gasteiger partial charge is 0.256 e. The molecule has 0 atom stereocenters. The van der Waals surface area contributed by atoms with Crippen LogP contribution in [0.3, 0.4) is 0 Å². The molecular weight excluding hydrogens is 563 g/mol. The lowest BCUT2D eigenvalue weighted by molar-refractivity contribution is -0.137. The maximum absolute atomic E-state index is 14.9. The Hall–Kier alpha value is -3.92. The highest BCUT2D eigenvalue weighted by molar-refractivity contribution is 5.91. The number of rotatable bonds is 5. The van der Waals surface area contributed by atoms with Gasteiger partial charge in [0.25, 0.3) is 0 Å². The van der Waals surface area contributed by atoms with Crippen LogP contribution in [0, 0.1) is 19.1 Å². The van der Waals surface area contributed by atoms with Crippen LogP contribution in [0.15, 0.2) is 85.1 Å². The molecular formula is C41H42F3N. The van der Waals surface area contributed by atoms with E-state index in [2.05, 4.69) is 4.98 Å². The first kappa shape index (κ1) is 22.6. The van der Waals surface area contributed by atoms with Gasteiger partial charge in [-0.15, -0.1) is 0 Å². The number of halogens is 3. The molecule has 0 amide bonds. The van der Waals surface area contributed by atoms with Crippen LogP contribution in [0.1, 0.15) is 97.6 Å². The fraction of sp³-hybridized carbons (Fsp3) is 0.341. The Labute approximate surface area is 276 Å². The molecule has 1 fully saturated rings. The highest BCUT2D eigenvalue weighted by atomic mass is 19.4. The van der Waals surface area contributed by atoms with Gasteiger partial charge < -0.3 is 0 Å². The summed E-state index contributed by atoms with van der Waals surface area (Å²) in [6.07, 6.45) is -0.767. The number of aromatic nitrogens is 1.